The van der Waals surface area contributed by atoms with E-state index in [4.69, 9.17) is 5.73 Å². The van der Waals surface area contributed by atoms with Crippen LogP contribution in [0.3, 0.4) is 0 Å². The quantitative estimate of drug-likeness (QED) is 0.815. The third-order valence-electron chi connectivity index (χ3n) is 5.31. The van der Waals surface area contributed by atoms with Gasteiger partial charge in [0.25, 0.3) is 0 Å². The lowest BCUT2D eigenvalue weighted by molar-refractivity contribution is -0.116. The van der Waals surface area contributed by atoms with Gasteiger partial charge >= 0.3 is 0 Å². The zero-order valence-corrected chi connectivity index (χ0v) is 15.5. The van der Waals surface area contributed by atoms with E-state index in [1.807, 2.05) is 6.92 Å². The number of rotatable bonds is 5. The summed E-state index contributed by atoms with van der Waals surface area (Å²) < 4.78 is 14.2. The van der Waals surface area contributed by atoms with E-state index in [0.29, 0.717) is 17.5 Å². The summed E-state index contributed by atoms with van der Waals surface area (Å²) in [5.74, 6) is 1.00. The predicted molar refractivity (Wildman–Crippen MR) is 102 cm³/mol. The van der Waals surface area contributed by atoms with Crippen LogP contribution in [-0.4, -0.2) is 16.8 Å². The van der Waals surface area contributed by atoms with Gasteiger partial charge in [-0.15, -0.1) is 0 Å². The molecule has 1 heterocycles. The summed E-state index contributed by atoms with van der Waals surface area (Å²) in [7, 11) is 0. The number of nitrogens with two attached hydrogens (primary N) is 1. The van der Waals surface area contributed by atoms with E-state index >= 15 is 0 Å². The fraction of sp³-hybridized carbons (Fsp3) is 0.579. The summed E-state index contributed by atoms with van der Waals surface area (Å²) in [5.41, 5.74) is 6.51. The normalized spacial score (nSPS) is 24.2. The fourth-order valence-electron chi connectivity index (χ4n) is 3.70. The number of amides is 1. The lowest BCUT2D eigenvalue weighted by atomic mass is 9.89. The van der Waals surface area contributed by atoms with Crippen LogP contribution >= 0.6 is 11.8 Å². The van der Waals surface area contributed by atoms with Gasteiger partial charge in [-0.3, -0.25) is 9.79 Å². The van der Waals surface area contributed by atoms with E-state index in [-0.39, 0.29) is 11.6 Å². The van der Waals surface area contributed by atoms with E-state index < -0.39 is 11.4 Å². The summed E-state index contributed by atoms with van der Waals surface area (Å²) in [4.78, 5) is 16.8. The Morgan fingerprint density at radius 2 is 2.20 bits per heavy atom. The molecule has 1 amide bonds. The van der Waals surface area contributed by atoms with Crippen molar-refractivity contribution in [2.45, 2.75) is 57.4 Å². The molecule has 1 aromatic carbocycles. The van der Waals surface area contributed by atoms with Crippen molar-refractivity contribution in [1.82, 2.24) is 0 Å². The predicted octanol–water partition coefficient (Wildman–Crippen LogP) is 4.40. The van der Waals surface area contributed by atoms with Crippen LogP contribution < -0.4 is 11.1 Å². The van der Waals surface area contributed by atoms with Crippen LogP contribution in [-0.2, 0) is 10.3 Å². The molecule has 1 fully saturated rings. The van der Waals surface area contributed by atoms with E-state index in [9.17, 15) is 9.18 Å². The maximum Gasteiger partial charge on any atom is 0.224 e. The molecule has 25 heavy (non-hydrogen) atoms. The SMILES string of the molecule is CC1(c2ccc(F)c(NC(=O)CCC3CCCC3)c2)CCSC(N)=N1. The Bertz CT molecular complexity index is 673. The van der Waals surface area contributed by atoms with Crippen LogP contribution in [0.25, 0.3) is 0 Å². The average Bonchev–Trinajstić information content (AvgIpc) is 3.08. The van der Waals surface area contributed by atoms with Crippen molar-refractivity contribution in [1.29, 1.82) is 0 Å². The van der Waals surface area contributed by atoms with Gasteiger partial charge in [0, 0.05) is 12.2 Å². The molecule has 0 bridgehead atoms. The fourth-order valence-corrected chi connectivity index (χ4v) is 4.67. The van der Waals surface area contributed by atoms with Crippen LogP contribution in [0, 0.1) is 11.7 Å². The molecule has 0 saturated heterocycles. The van der Waals surface area contributed by atoms with Crippen molar-refractivity contribution < 1.29 is 9.18 Å². The first-order valence-corrected chi connectivity index (χ1v) is 10.0. The van der Waals surface area contributed by atoms with Crippen molar-refractivity contribution in [2.75, 3.05) is 11.1 Å². The molecule has 0 radical (unpaired) electrons. The number of benzene rings is 1. The maximum atomic E-state index is 14.2. The highest BCUT2D eigenvalue weighted by Gasteiger charge is 2.30. The molecule has 3 rings (SSSR count). The molecule has 1 atom stereocenters. The second kappa shape index (κ2) is 7.77. The standard InChI is InChI=1S/C19H26FN3OS/c1-19(10-11-25-18(21)23-19)14-7-8-15(20)16(12-14)22-17(24)9-6-13-4-2-3-5-13/h7-8,12-13H,2-6,9-11H2,1H3,(H2,21,23)(H,22,24). The van der Waals surface area contributed by atoms with Gasteiger partial charge in [-0.05, 0) is 43.4 Å². The lowest BCUT2D eigenvalue weighted by Crippen LogP contribution is -2.29. The van der Waals surface area contributed by atoms with Crippen molar-refractivity contribution in [3.63, 3.8) is 0 Å². The highest BCUT2D eigenvalue weighted by Crippen LogP contribution is 2.36. The number of halogens is 1. The summed E-state index contributed by atoms with van der Waals surface area (Å²) in [6.45, 7) is 2.00. The minimum atomic E-state index is -0.466. The van der Waals surface area contributed by atoms with E-state index in [1.165, 1.54) is 43.5 Å². The Balaban J connectivity index is 1.69. The van der Waals surface area contributed by atoms with Crippen LogP contribution in [0.1, 0.15) is 57.4 Å². The summed E-state index contributed by atoms with van der Waals surface area (Å²) in [5, 5.41) is 3.30. The second-order valence-corrected chi connectivity index (χ2v) is 8.37. The van der Waals surface area contributed by atoms with Gasteiger partial charge < -0.3 is 11.1 Å². The highest BCUT2D eigenvalue weighted by molar-refractivity contribution is 8.13. The number of carbonyl (C=O) groups excluding carboxylic acids is 1. The van der Waals surface area contributed by atoms with Crippen LogP contribution in [0.2, 0.25) is 0 Å². The molecule has 3 N–H and O–H groups in total. The van der Waals surface area contributed by atoms with Gasteiger partial charge in [0.1, 0.15) is 5.82 Å². The molecule has 0 aromatic heterocycles. The Morgan fingerprint density at radius 3 is 2.92 bits per heavy atom. The molecule has 136 valence electrons. The number of nitrogens with zero attached hydrogens (tertiary/aromatic N) is 1. The molecule has 1 saturated carbocycles. The van der Waals surface area contributed by atoms with Crippen LogP contribution in [0.15, 0.2) is 23.2 Å². The smallest absolute Gasteiger partial charge is 0.224 e. The Morgan fingerprint density at radius 1 is 1.44 bits per heavy atom. The molecule has 2 aliphatic rings. The van der Waals surface area contributed by atoms with Gasteiger partial charge in [0.2, 0.25) is 5.91 Å². The summed E-state index contributed by atoms with van der Waals surface area (Å²) >= 11 is 1.54. The number of nitrogens with one attached hydrogen (secondary N) is 1. The van der Waals surface area contributed by atoms with Crippen molar-refractivity contribution in [2.24, 2.45) is 16.6 Å². The molecule has 6 heteroatoms. The third kappa shape index (κ3) is 4.54. The number of anilines is 1. The zero-order chi connectivity index (χ0) is 17.9. The number of hydrogen-bond donors (Lipinski definition) is 2. The number of aliphatic imine (C=N–C) groups is 1. The van der Waals surface area contributed by atoms with Gasteiger partial charge in [-0.1, -0.05) is 43.5 Å². The third-order valence-corrected chi connectivity index (χ3v) is 6.11. The number of thioether (sulfide) groups is 1. The topological polar surface area (TPSA) is 67.5 Å². The van der Waals surface area contributed by atoms with Crippen molar-refractivity contribution in [3.8, 4) is 0 Å². The zero-order valence-electron chi connectivity index (χ0n) is 14.7. The Hall–Kier alpha value is -1.56. The van der Waals surface area contributed by atoms with E-state index in [1.54, 1.807) is 12.1 Å². The maximum absolute atomic E-state index is 14.2. The van der Waals surface area contributed by atoms with Crippen LogP contribution in [0.5, 0.6) is 0 Å². The first kappa shape index (κ1) is 18.2. The number of carbonyl (C=O) groups is 1. The molecule has 1 aromatic rings. The Labute approximate surface area is 152 Å². The molecular weight excluding hydrogens is 337 g/mol. The number of amidine groups is 1. The molecule has 4 nitrogen and oxygen atoms in total. The molecule has 1 aliphatic carbocycles. The highest BCUT2D eigenvalue weighted by atomic mass is 32.2. The van der Waals surface area contributed by atoms with Crippen LogP contribution in [0.4, 0.5) is 10.1 Å². The second-order valence-electron chi connectivity index (χ2n) is 7.25. The lowest BCUT2D eigenvalue weighted by Gasteiger charge is -2.30. The molecule has 0 spiro atoms. The van der Waals surface area contributed by atoms with E-state index in [0.717, 1.165) is 24.2 Å². The minimum absolute atomic E-state index is 0.115. The first-order chi connectivity index (χ1) is 12.0. The van der Waals surface area contributed by atoms with Crippen molar-refractivity contribution in [3.05, 3.63) is 29.6 Å². The minimum Gasteiger partial charge on any atom is -0.379 e. The monoisotopic (exact) mass is 363 g/mol. The Kier molecular flexibility index (Phi) is 5.67. The van der Waals surface area contributed by atoms with Gasteiger partial charge in [0.05, 0.1) is 11.2 Å². The van der Waals surface area contributed by atoms with Gasteiger partial charge in [-0.25, -0.2) is 4.39 Å². The summed E-state index contributed by atoms with van der Waals surface area (Å²) in [6.07, 6.45) is 7.14. The first-order valence-electron chi connectivity index (χ1n) is 9.04. The molecular formula is C19H26FN3OS. The van der Waals surface area contributed by atoms with Gasteiger partial charge in [-0.2, -0.15) is 0 Å². The molecule has 1 unspecified atom stereocenters. The van der Waals surface area contributed by atoms with E-state index in [2.05, 4.69) is 10.3 Å². The average molecular weight is 364 g/mol. The van der Waals surface area contributed by atoms with Gasteiger partial charge in [0.15, 0.2) is 5.17 Å². The van der Waals surface area contributed by atoms with Crippen molar-refractivity contribution >= 4 is 28.5 Å². The molecule has 1 aliphatic heterocycles. The largest absolute Gasteiger partial charge is 0.379 e. The summed E-state index contributed by atoms with van der Waals surface area (Å²) in [6, 6.07) is 4.84. The number of hydrogen-bond acceptors (Lipinski definition) is 4.